The quantitative estimate of drug-likeness (QED) is 0.768. The van der Waals surface area contributed by atoms with E-state index in [1.807, 2.05) is 0 Å². The van der Waals surface area contributed by atoms with Crippen LogP contribution in [0.3, 0.4) is 0 Å². The van der Waals surface area contributed by atoms with E-state index in [0.29, 0.717) is 5.92 Å². The van der Waals surface area contributed by atoms with Gasteiger partial charge in [-0.1, -0.05) is 26.7 Å². The molecule has 17 heavy (non-hydrogen) atoms. The van der Waals surface area contributed by atoms with Crippen molar-refractivity contribution in [2.24, 2.45) is 29.6 Å². The first-order chi connectivity index (χ1) is 8.07. The summed E-state index contributed by atoms with van der Waals surface area (Å²) >= 11 is 0. The van der Waals surface area contributed by atoms with Gasteiger partial charge in [-0.3, -0.25) is 0 Å². The van der Waals surface area contributed by atoms with E-state index in [2.05, 4.69) is 13.8 Å². The first-order valence-electron chi connectivity index (χ1n) is 7.79. The summed E-state index contributed by atoms with van der Waals surface area (Å²) in [5.74, 6) is 4.09. The summed E-state index contributed by atoms with van der Waals surface area (Å²) in [5.41, 5.74) is -0.327. The largest absolute Gasteiger partial charge is 0.390 e. The van der Waals surface area contributed by atoms with Crippen LogP contribution in [-0.2, 0) is 0 Å². The van der Waals surface area contributed by atoms with Gasteiger partial charge < -0.3 is 5.11 Å². The lowest BCUT2D eigenvalue weighted by Crippen LogP contribution is -2.44. The van der Waals surface area contributed by atoms with Crippen LogP contribution in [0.25, 0.3) is 0 Å². The van der Waals surface area contributed by atoms with E-state index in [1.165, 1.54) is 38.5 Å². The number of hydrogen-bond acceptors (Lipinski definition) is 1. The van der Waals surface area contributed by atoms with Gasteiger partial charge in [0.15, 0.2) is 0 Å². The molecule has 3 aliphatic rings. The summed E-state index contributed by atoms with van der Waals surface area (Å²) in [7, 11) is 0. The van der Waals surface area contributed by atoms with Crippen molar-refractivity contribution in [3.8, 4) is 0 Å². The number of rotatable bonds is 2. The van der Waals surface area contributed by atoms with Gasteiger partial charge in [0.1, 0.15) is 0 Å². The molecule has 3 saturated carbocycles. The lowest BCUT2D eigenvalue weighted by Gasteiger charge is -2.43. The molecular weight excluding hydrogens is 208 g/mol. The number of hydrogen-bond donors (Lipinski definition) is 1. The molecule has 6 unspecified atom stereocenters. The van der Waals surface area contributed by atoms with Crippen molar-refractivity contribution in [3.63, 3.8) is 0 Å². The van der Waals surface area contributed by atoms with E-state index >= 15 is 0 Å². The minimum Gasteiger partial charge on any atom is -0.390 e. The maximum atomic E-state index is 11.0. The molecule has 0 heterocycles. The third kappa shape index (κ3) is 2.16. The van der Waals surface area contributed by atoms with Gasteiger partial charge in [0.25, 0.3) is 0 Å². The molecule has 0 aromatic heterocycles. The van der Waals surface area contributed by atoms with E-state index in [-0.39, 0.29) is 5.60 Å². The monoisotopic (exact) mass is 236 g/mol. The van der Waals surface area contributed by atoms with Crippen molar-refractivity contribution < 1.29 is 5.11 Å². The van der Waals surface area contributed by atoms with Crippen LogP contribution in [0.2, 0.25) is 0 Å². The highest BCUT2D eigenvalue weighted by atomic mass is 16.3. The molecule has 1 nitrogen and oxygen atoms in total. The first-order valence-corrected chi connectivity index (χ1v) is 7.79. The summed E-state index contributed by atoms with van der Waals surface area (Å²) in [6.45, 7) is 4.59. The Morgan fingerprint density at radius 1 is 1.06 bits per heavy atom. The van der Waals surface area contributed by atoms with Crippen molar-refractivity contribution in [2.45, 2.75) is 70.8 Å². The van der Waals surface area contributed by atoms with Crippen molar-refractivity contribution in [3.05, 3.63) is 0 Å². The van der Waals surface area contributed by atoms with E-state index < -0.39 is 0 Å². The Balaban J connectivity index is 1.66. The zero-order chi connectivity index (χ0) is 12.0. The van der Waals surface area contributed by atoms with Crippen LogP contribution in [0.4, 0.5) is 0 Å². The second-order valence-corrected chi connectivity index (χ2v) is 7.53. The van der Waals surface area contributed by atoms with Crippen molar-refractivity contribution in [1.82, 2.24) is 0 Å². The molecule has 3 rings (SSSR count). The van der Waals surface area contributed by atoms with Gasteiger partial charge in [0, 0.05) is 0 Å². The molecule has 0 aromatic rings. The lowest BCUT2D eigenvalue weighted by atomic mass is 9.67. The summed E-state index contributed by atoms with van der Waals surface area (Å²) in [6.07, 6.45) is 10.6. The standard InChI is InChI=1S/C16H28O/c1-11-3-4-12(2)16(17,9-11)10-15-8-13-5-6-14(15)7-13/h11-15,17H,3-10H2,1-2H3. The first kappa shape index (κ1) is 12.0. The molecule has 2 bridgehead atoms. The highest BCUT2D eigenvalue weighted by Gasteiger charge is 2.46. The Kier molecular flexibility index (Phi) is 3.01. The Morgan fingerprint density at radius 3 is 2.53 bits per heavy atom. The fourth-order valence-electron chi connectivity index (χ4n) is 5.07. The van der Waals surface area contributed by atoms with Gasteiger partial charge in [0.05, 0.1) is 5.60 Å². The van der Waals surface area contributed by atoms with Gasteiger partial charge in [-0.2, -0.15) is 0 Å². The third-order valence-corrected chi connectivity index (χ3v) is 6.21. The Bertz CT molecular complexity index is 287. The molecule has 0 aromatic carbocycles. The summed E-state index contributed by atoms with van der Waals surface area (Å²) in [5, 5.41) is 11.0. The van der Waals surface area contributed by atoms with Crippen LogP contribution in [0.5, 0.6) is 0 Å². The Labute approximate surface area is 106 Å². The molecule has 0 radical (unpaired) electrons. The highest BCUT2D eigenvalue weighted by molar-refractivity contribution is 4.97. The van der Waals surface area contributed by atoms with Crippen LogP contribution in [0.15, 0.2) is 0 Å². The zero-order valence-corrected chi connectivity index (χ0v) is 11.5. The second kappa shape index (κ2) is 4.26. The molecule has 1 heteroatoms. The van der Waals surface area contributed by atoms with Crippen LogP contribution >= 0.6 is 0 Å². The summed E-state index contributed by atoms with van der Waals surface area (Å²) < 4.78 is 0. The van der Waals surface area contributed by atoms with E-state index in [9.17, 15) is 5.11 Å². The highest BCUT2D eigenvalue weighted by Crippen LogP contribution is 2.53. The zero-order valence-electron chi connectivity index (χ0n) is 11.5. The molecule has 0 amide bonds. The van der Waals surface area contributed by atoms with Gasteiger partial charge in [-0.15, -0.1) is 0 Å². The van der Waals surface area contributed by atoms with Gasteiger partial charge in [-0.05, 0) is 68.1 Å². The Hall–Kier alpha value is -0.0400. The summed E-state index contributed by atoms with van der Waals surface area (Å²) in [6, 6.07) is 0. The molecule has 0 saturated heterocycles. The number of fused-ring (bicyclic) bond motifs is 2. The molecule has 98 valence electrons. The van der Waals surface area contributed by atoms with Crippen LogP contribution < -0.4 is 0 Å². The van der Waals surface area contributed by atoms with Crippen molar-refractivity contribution in [1.29, 1.82) is 0 Å². The van der Waals surface area contributed by atoms with Gasteiger partial charge >= 0.3 is 0 Å². The maximum absolute atomic E-state index is 11.0. The molecule has 6 atom stereocenters. The fraction of sp³-hybridized carbons (Fsp3) is 1.00. The topological polar surface area (TPSA) is 20.2 Å². The van der Waals surface area contributed by atoms with Gasteiger partial charge in [-0.25, -0.2) is 0 Å². The molecular formula is C16H28O. The summed E-state index contributed by atoms with van der Waals surface area (Å²) in [4.78, 5) is 0. The SMILES string of the molecule is CC1CCC(C)C(O)(CC2CC3CCC2C3)C1. The second-order valence-electron chi connectivity index (χ2n) is 7.53. The number of aliphatic hydroxyl groups is 1. The van der Waals surface area contributed by atoms with Crippen LogP contribution in [0.1, 0.15) is 65.2 Å². The molecule has 0 aliphatic heterocycles. The minimum atomic E-state index is -0.327. The van der Waals surface area contributed by atoms with Crippen LogP contribution in [0, 0.1) is 29.6 Å². The predicted molar refractivity (Wildman–Crippen MR) is 70.7 cm³/mol. The molecule has 0 spiro atoms. The smallest absolute Gasteiger partial charge is 0.0678 e. The molecule has 1 N–H and O–H groups in total. The maximum Gasteiger partial charge on any atom is 0.0678 e. The molecule has 3 aliphatic carbocycles. The van der Waals surface area contributed by atoms with Crippen LogP contribution in [-0.4, -0.2) is 10.7 Å². The Morgan fingerprint density at radius 2 is 1.88 bits per heavy atom. The molecule has 3 fully saturated rings. The van der Waals surface area contributed by atoms with Gasteiger partial charge in [0.2, 0.25) is 0 Å². The predicted octanol–water partition coefficient (Wildman–Crippen LogP) is 4.00. The van der Waals surface area contributed by atoms with E-state index in [0.717, 1.165) is 36.5 Å². The average Bonchev–Trinajstić information content (AvgIpc) is 2.85. The normalized spacial score (nSPS) is 54.2. The minimum absolute atomic E-state index is 0.327. The van der Waals surface area contributed by atoms with Crippen molar-refractivity contribution in [2.75, 3.05) is 0 Å². The lowest BCUT2D eigenvalue weighted by molar-refractivity contribution is -0.0782. The average molecular weight is 236 g/mol. The van der Waals surface area contributed by atoms with E-state index in [1.54, 1.807) is 0 Å². The van der Waals surface area contributed by atoms with Crippen molar-refractivity contribution >= 4 is 0 Å². The third-order valence-electron chi connectivity index (χ3n) is 6.21. The fourth-order valence-corrected chi connectivity index (χ4v) is 5.07. The van der Waals surface area contributed by atoms with E-state index in [4.69, 9.17) is 0 Å².